The standard InChI is InChI=1S/C34H32N2O6/c1-24-31(28-15-9-4-10-16-28)42-34(39)36(24)32(37)30(21-35-33(38)41-23-26-13-7-3-8-14-26)27-17-19-29(20-18-27)40-22-25-11-5-2-6-12-25/h2-20,24,30-31H,21-23H2,1H3,(H,35,38)/t24-,30-,31-/m0/s1. The maximum absolute atomic E-state index is 13.9. The highest BCUT2D eigenvalue weighted by atomic mass is 16.6. The second-order valence-electron chi connectivity index (χ2n) is 10.0. The number of hydrogen-bond donors (Lipinski definition) is 1. The van der Waals surface area contributed by atoms with E-state index >= 15 is 0 Å². The molecular formula is C34H32N2O6. The summed E-state index contributed by atoms with van der Waals surface area (Å²) in [5, 5.41) is 2.70. The Morgan fingerprint density at radius 2 is 1.38 bits per heavy atom. The molecule has 1 fully saturated rings. The van der Waals surface area contributed by atoms with Gasteiger partial charge < -0.3 is 19.5 Å². The van der Waals surface area contributed by atoms with Gasteiger partial charge in [0.15, 0.2) is 0 Å². The van der Waals surface area contributed by atoms with E-state index in [2.05, 4.69) is 5.32 Å². The number of cyclic esters (lactones) is 1. The van der Waals surface area contributed by atoms with Crippen molar-refractivity contribution in [2.75, 3.05) is 6.54 Å². The maximum Gasteiger partial charge on any atom is 0.417 e. The first-order valence-corrected chi connectivity index (χ1v) is 13.8. The molecule has 1 saturated heterocycles. The van der Waals surface area contributed by atoms with E-state index in [0.717, 1.165) is 21.6 Å². The summed E-state index contributed by atoms with van der Waals surface area (Å²) in [5.41, 5.74) is 3.28. The summed E-state index contributed by atoms with van der Waals surface area (Å²) >= 11 is 0. The zero-order valence-corrected chi connectivity index (χ0v) is 23.2. The molecule has 0 unspecified atom stereocenters. The highest BCUT2D eigenvalue weighted by molar-refractivity contribution is 5.97. The molecule has 4 aromatic carbocycles. The van der Waals surface area contributed by atoms with E-state index in [1.54, 1.807) is 31.2 Å². The number of ether oxygens (including phenoxy) is 3. The van der Waals surface area contributed by atoms with Gasteiger partial charge in [-0.1, -0.05) is 103 Å². The first-order valence-electron chi connectivity index (χ1n) is 13.8. The average Bonchev–Trinajstić information content (AvgIpc) is 3.34. The van der Waals surface area contributed by atoms with Crippen LogP contribution in [0.3, 0.4) is 0 Å². The van der Waals surface area contributed by atoms with Crippen LogP contribution in [-0.2, 0) is 27.5 Å². The lowest BCUT2D eigenvalue weighted by atomic mass is 9.95. The van der Waals surface area contributed by atoms with Gasteiger partial charge in [-0.25, -0.2) is 14.5 Å². The molecular weight excluding hydrogens is 532 g/mol. The van der Waals surface area contributed by atoms with E-state index in [1.165, 1.54) is 0 Å². The highest BCUT2D eigenvalue weighted by Crippen LogP contribution is 2.35. The number of hydrogen-bond acceptors (Lipinski definition) is 6. The van der Waals surface area contributed by atoms with E-state index in [4.69, 9.17) is 14.2 Å². The molecule has 3 amide bonds. The predicted molar refractivity (Wildman–Crippen MR) is 157 cm³/mol. The number of nitrogens with one attached hydrogen (secondary N) is 1. The zero-order chi connectivity index (χ0) is 29.3. The largest absolute Gasteiger partial charge is 0.489 e. The van der Waals surface area contributed by atoms with Crippen LogP contribution in [0.1, 0.15) is 41.2 Å². The lowest BCUT2D eigenvalue weighted by Gasteiger charge is -2.25. The van der Waals surface area contributed by atoms with Gasteiger partial charge in [0.2, 0.25) is 5.91 Å². The van der Waals surface area contributed by atoms with Crippen molar-refractivity contribution in [3.05, 3.63) is 138 Å². The topological polar surface area (TPSA) is 94.2 Å². The average molecular weight is 565 g/mol. The molecule has 8 nitrogen and oxygen atoms in total. The molecule has 0 spiro atoms. The maximum atomic E-state index is 13.9. The normalized spacial score (nSPS) is 16.8. The summed E-state index contributed by atoms with van der Waals surface area (Å²) in [7, 11) is 0. The molecule has 4 aromatic rings. The molecule has 1 aliphatic heterocycles. The monoisotopic (exact) mass is 564 g/mol. The molecule has 1 heterocycles. The summed E-state index contributed by atoms with van der Waals surface area (Å²) in [4.78, 5) is 40.6. The number of carbonyl (C=O) groups excluding carboxylic acids is 3. The van der Waals surface area contributed by atoms with Gasteiger partial charge in [0.05, 0.1) is 12.0 Å². The van der Waals surface area contributed by atoms with Gasteiger partial charge in [-0.15, -0.1) is 0 Å². The van der Waals surface area contributed by atoms with Crippen LogP contribution in [0, 0.1) is 0 Å². The first-order chi connectivity index (χ1) is 20.5. The molecule has 1 aliphatic rings. The minimum absolute atomic E-state index is 0.0802. The van der Waals surface area contributed by atoms with Crippen molar-refractivity contribution in [3.8, 4) is 5.75 Å². The van der Waals surface area contributed by atoms with Gasteiger partial charge in [0.25, 0.3) is 0 Å². The molecule has 8 heteroatoms. The number of alkyl carbamates (subject to hydrolysis) is 1. The highest BCUT2D eigenvalue weighted by Gasteiger charge is 2.45. The lowest BCUT2D eigenvalue weighted by molar-refractivity contribution is -0.130. The van der Waals surface area contributed by atoms with Crippen molar-refractivity contribution in [1.82, 2.24) is 10.2 Å². The van der Waals surface area contributed by atoms with Crippen LogP contribution >= 0.6 is 0 Å². The van der Waals surface area contributed by atoms with Crippen LogP contribution in [0.25, 0.3) is 0 Å². The number of nitrogens with zero attached hydrogens (tertiary/aromatic N) is 1. The number of imide groups is 1. The number of carbonyl (C=O) groups is 3. The Kier molecular flexibility index (Phi) is 9.13. The molecule has 0 radical (unpaired) electrons. The molecule has 0 aliphatic carbocycles. The van der Waals surface area contributed by atoms with Crippen LogP contribution in [0.2, 0.25) is 0 Å². The Balaban J connectivity index is 1.31. The van der Waals surface area contributed by atoms with Crippen LogP contribution in [0.5, 0.6) is 5.75 Å². The fourth-order valence-corrected chi connectivity index (χ4v) is 4.86. The van der Waals surface area contributed by atoms with Crippen molar-refractivity contribution in [3.63, 3.8) is 0 Å². The Labute approximate surface area is 244 Å². The van der Waals surface area contributed by atoms with Gasteiger partial charge >= 0.3 is 12.2 Å². The third-order valence-corrected chi connectivity index (χ3v) is 7.13. The molecule has 0 saturated carbocycles. The quantitative estimate of drug-likeness (QED) is 0.240. The Morgan fingerprint density at radius 1 is 0.810 bits per heavy atom. The Bertz CT molecular complexity index is 1480. The van der Waals surface area contributed by atoms with Crippen molar-refractivity contribution in [2.24, 2.45) is 0 Å². The van der Waals surface area contributed by atoms with Crippen molar-refractivity contribution in [2.45, 2.75) is 38.2 Å². The van der Waals surface area contributed by atoms with Crippen molar-refractivity contribution < 1.29 is 28.6 Å². The van der Waals surface area contributed by atoms with E-state index in [9.17, 15) is 14.4 Å². The number of benzene rings is 4. The molecule has 5 rings (SSSR count). The van der Waals surface area contributed by atoms with Gasteiger partial charge in [0.1, 0.15) is 25.1 Å². The predicted octanol–water partition coefficient (Wildman–Crippen LogP) is 6.38. The minimum atomic E-state index is -0.873. The van der Waals surface area contributed by atoms with E-state index < -0.39 is 36.2 Å². The van der Waals surface area contributed by atoms with Crippen LogP contribution in [0.4, 0.5) is 9.59 Å². The molecule has 42 heavy (non-hydrogen) atoms. The SMILES string of the molecule is C[C@H]1[C@@H](c2ccccc2)OC(=O)N1C(=O)[C@@H](CNC(=O)OCc1ccccc1)c1ccc(OCc2ccccc2)cc1. The third kappa shape index (κ3) is 6.96. The Morgan fingerprint density at radius 3 is 2.00 bits per heavy atom. The summed E-state index contributed by atoms with van der Waals surface area (Å²) in [5.74, 6) is -0.726. The summed E-state index contributed by atoms with van der Waals surface area (Å²) in [6.07, 6.45) is -1.99. The first kappa shape index (κ1) is 28.4. The van der Waals surface area contributed by atoms with Crippen molar-refractivity contribution in [1.29, 1.82) is 0 Å². The van der Waals surface area contributed by atoms with Crippen LogP contribution in [0.15, 0.2) is 115 Å². The molecule has 0 bridgehead atoms. The number of amides is 3. The molecule has 0 aromatic heterocycles. The van der Waals surface area contributed by atoms with Crippen LogP contribution in [-0.4, -0.2) is 35.6 Å². The van der Waals surface area contributed by atoms with Crippen LogP contribution < -0.4 is 10.1 Å². The fourth-order valence-electron chi connectivity index (χ4n) is 4.86. The van der Waals surface area contributed by atoms with E-state index in [-0.39, 0.29) is 13.2 Å². The minimum Gasteiger partial charge on any atom is -0.489 e. The van der Waals surface area contributed by atoms with Gasteiger partial charge in [-0.2, -0.15) is 0 Å². The zero-order valence-electron chi connectivity index (χ0n) is 23.2. The van der Waals surface area contributed by atoms with E-state index in [1.807, 2.05) is 91.0 Å². The molecule has 3 atom stereocenters. The number of rotatable bonds is 10. The molecule has 214 valence electrons. The third-order valence-electron chi connectivity index (χ3n) is 7.13. The van der Waals surface area contributed by atoms with Crippen molar-refractivity contribution >= 4 is 18.1 Å². The van der Waals surface area contributed by atoms with E-state index in [0.29, 0.717) is 17.9 Å². The van der Waals surface area contributed by atoms with Gasteiger partial charge in [-0.3, -0.25) is 4.79 Å². The summed E-state index contributed by atoms with van der Waals surface area (Å²) in [6, 6.07) is 34.9. The summed E-state index contributed by atoms with van der Waals surface area (Å²) in [6.45, 7) is 2.19. The smallest absolute Gasteiger partial charge is 0.417 e. The second kappa shape index (κ2) is 13.5. The van der Waals surface area contributed by atoms with Gasteiger partial charge in [-0.05, 0) is 41.3 Å². The lowest BCUT2D eigenvalue weighted by Crippen LogP contribution is -2.44. The summed E-state index contributed by atoms with van der Waals surface area (Å²) < 4.78 is 16.9. The fraction of sp³-hybridized carbons (Fsp3) is 0.206. The second-order valence-corrected chi connectivity index (χ2v) is 10.0. The molecule has 1 N–H and O–H groups in total. The van der Waals surface area contributed by atoms with Gasteiger partial charge in [0, 0.05) is 6.54 Å². The Hall–Kier alpha value is -5.11.